The average molecular weight is 376 g/mol. The van der Waals surface area contributed by atoms with Gasteiger partial charge in [-0.15, -0.1) is 0 Å². The van der Waals surface area contributed by atoms with Crippen LogP contribution in [0, 0.1) is 6.92 Å². The van der Waals surface area contributed by atoms with Crippen LogP contribution in [-0.2, 0) is 4.79 Å². The van der Waals surface area contributed by atoms with Gasteiger partial charge in [0, 0.05) is 12.1 Å². The Morgan fingerprint density at radius 2 is 2.00 bits per heavy atom. The van der Waals surface area contributed by atoms with E-state index in [1.54, 1.807) is 6.33 Å². The summed E-state index contributed by atoms with van der Waals surface area (Å²) in [5, 5.41) is 5.64. The monoisotopic (exact) mass is 375 g/mol. The van der Waals surface area contributed by atoms with Crippen molar-refractivity contribution in [3.05, 3.63) is 29.3 Å². The van der Waals surface area contributed by atoms with Gasteiger partial charge in [-0.1, -0.05) is 6.58 Å². The summed E-state index contributed by atoms with van der Waals surface area (Å²) in [6.07, 6.45) is 6.99. The van der Waals surface area contributed by atoms with Crippen molar-refractivity contribution in [2.75, 3.05) is 0 Å². The van der Waals surface area contributed by atoms with Crippen molar-refractivity contribution in [2.24, 2.45) is 0 Å². The Morgan fingerprint density at radius 3 is 2.65 bits per heavy atom. The number of hydrogen-bond donors (Lipinski definition) is 0. The van der Waals surface area contributed by atoms with E-state index in [-0.39, 0.29) is 24.0 Å². The highest BCUT2D eigenvalue weighted by Gasteiger charge is 2.43. The second-order valence-electron chi connectivity index (χ2n) is 6.35. The van der Waals surface area contributed by atoms with Crippen LogP contribution in [0.3, 0.4) is 0 Å². The van der Waals surface area contributed by atoms with E-state index in [0.29, 0.717) is 0 Å². The molecule has 2 aliphatic rings. The van der Waals surface area contributed by atoms with Crippen LogP contribution in [0.15, 0.2) is 23.6 Å². The minimum absolute atomic E-state index is 0.0561. The Labute approximate surface area is 142 Å². The molecule has 120 valence electrons. The van der Waals surface area contributed by atoms with E-state index in [4.69, 9.17) is 0 Å². The Bertz CT molecular complexity index is 787. The lowest BCUT2D eigenvalue weighted by Crippen LogP contribution is -2.46. The minimum Gasteiger partial charge on any atom is -0.333 e. The molecule has 0 radical (unpaired) electrons. The van der Waals surface area contributed by atoms with Gasteiger partial charge in [-0.05, 0) is 54.6 Å². The number of amides is 1. The molecule has 7 heteroatoms. The summed E-state index contributed by atoms with van der Waals surface area (Å²) in [5.74, 6) is 0.0561. The number of aryl methyl sites for hydroxylation is 1. The van der Waals surface area contributed by atoms with E-state index >= 15 is 0 Å². The SMILES string of the molecule is C=CC(=O)N1[C@@H]2CC[C@H]1CC(n1nc(Br)c3c(C)ncnc31)C2. The topological polar surface area (TPSA) is 63.9 Å². The van der Waals surface area contributed by atoms with E-state index < -0.39 is 0 Å². The summed E-state index contributed by atoms with van der Waals surface area (Å²) in [4.78, 5) is 22.8. The molecule has 6 nitrogen and oxygen atoms in total. The smallest absolute Gasteiger partial charge is 0.246 e. The van der Waals surface area contributed by atoms with Crippen LogP contribution in [0.2, 0.25) is 0 Å². The summed E-state index contributed by atoms with van der Waals surface area (Å²) in [7, 11) is 0. The van der Waals surface area contributed by atoms with Gasteiger partial charge in [-0.2, -0.15) is 5.10 Å². The zero-order chi connectivity index (χ0) is 16.1. The van der Waals surface area contributed by atoms with E-state index in [2.05, 4.69) is 37.6 Å². The normalized spacial score (nSPS) is 26.7. The number of carbonyl (C=O) groups is 1. The zero-order valence-corrected chi connectivity index (χ0v) is 14.5. The first-order valence-corrected chi connectivity index (χ1v) is 8.69. The second-order valence-corrected chi connectivity index (χ2v) is 7.10. The molecule has 2 aromatic heterocycles. The van der Waals surface area contributed by atoms with Crippen LogP contribution in [0.25, 0.3) is 11.0 Å². The Morgan fingerprint density at radius 1 is 1.30 bits per heavy atom. The van der Waals surface area contributed by atoms with Crippen molar-refractivity contribution in [3.8, 4) is 0 Å². The van der Waals surface area contributed by atoms with Crippen LogP contribution in [0.4, 0.5) is 0 Å². The van der Waals surface area contributed by atoms with Gasteiger partial charge in [0.25, 0.3) is 0 Å². The number of rotatable bonds is 2. The molecule has 2 fully saturated rings. The van der Waals surface area contributed by atoms with E-state index in [9.17, 15) is 4.79 Å². The van der Waals surface area contributed by atoms with Gasteiger partial charge in [0.15, 0.2) is 5.65 Å². The van der Waals surface area contributed by atoms with Crippen molar-refractivity contribution in [3.63, 3.8) is 0 Å². The van der Waals surface area contributed by atoms with Crippen LogP contribution < -0.4 is 0 Å². The summed E-state index contributed by atoms with van der Waals surface area (Å²) in [5.41, 5.74) is 1.80. The number of hydrogen-bond acceptors (Lipinski definition) is 4. The molecule has 0 aliphatic carbocycles. The molecule has 0 spiro atoms. The number of piperidine rings is 1. The molecule has 23 heavy (non-hydrogen) atoms. The highest BCUT2D eigenvalue weighted by atomic mass is 79.9. The first-order valence-electron chi connectivity index (χ1n) is 7.90. The maximum absolute atomic E-state index is 12.1. The lowest BCUT2D eigenvalue weighted by molar-refractivity contribution is -0.130. The van der Waals surface area contributed by atoms with Crippen molar-refractivity contribution in [1.29, 1.82) is 0 Å². The van der Waals surface area contributed by atoms with Crippen LogP contribution in [0.5, 0.6) is 0 Å². The molecule has 1 amide bonds. The first-order chi connectivity index (χ1) is 11.1. The third kappa shape index (κ3) is 2.21. The predicted molar refractivity (Wildman–Crippen MR) is 89.9 cm³/mol. The number of aromatic nitrogens is 4. The lowest BCUT2D eigenvalue weighted by Gasteiger charge is -2.38. The number of nitrogens with zero attached hydrogens (tertiary/aromatic N) is 5. The van der Waals surface area contributed by atoms with Crippen molar-refractivity contribution in [1.82, 2.24) is 24.6 Å². The van der Waals surface area contributed by atoms with Crippen LogP contribution in [-0.4, -0.2) is 42.6 Å². The van der Waals surface area contributed by atoms with E-state index in [0.717, 1.165) is 47.0 Å². The van der Waals surface area contributed by atoms with Crippen molar-refractivity contribution in [2.45, 2.75) is 50.7 Å². The Hall–Kier alpha value is -1.76. The molecular weight excluding hydrogens is 358 g/mol. The molecular formula is C16H18BrN5O. The molecule has 0 N–H and O–H groups in total. The van der Waals surface area contributed by atoms with E-state index in [1.807, 2.05) is 16.5 Å². The fourth-order valence-corrected chi connectivity index (χ4v) is 4.77. The summed E-state index contributed by atoms with van der Waals surface area (Å²) in [6, 6.07) is 0.833. The molecule has 4 heterocycles. The Kier molecular flexibility index (Phi) is 3.48. The summed E-state index contributed by atoms with van der Waals surface area (Å²) in [6.45, 7) is 5.60. The number of carbonyl (C=O) groups excluding carboxylic acids is 1. The van der Waals surface area contributed by atoms with Gasteiger partial charge in [0.2, 0.25) is 5.91 Å². The van der Waals surface area contributed by atoms with Gasteiger partial charge < -0.3 is 4.90 Å². The maximum Gasteiger partial charge on any atom is 0.246 e. The highest BCUT2D eigenvalue weighted by molar-refractivity contribution is 9.10. The van der Waals surface area contributed by atoms with Gasteiger partial charge in [0.1, 0.15) is 10.9 Å². The van der Waals surface area contributed by atoms with Gasteiger partial charge in [0.05, 0.1) is 17.1 Å². The second kappa shape index (κ2) is 5.40. The molecule has 0 aromatic carbocycles. The third-order valence-corrected chi connectivity index (χ3v) is 5.67. The summed E-state index contributed by atoms with van der Waals surface area (Å²) >= 11 is 3.54. The van der Waals surface area contributed by atoms with Crippen LogP contribution >= 0.6 is 15.9 Å². The molecule has 2 aromatic rings. The fourth-order valence-electron chi connectivity index (χ4n) is 4.14. The largest absolute Gasteiger partial charge is 0.333 e. The number of halogens is 1. The predicted octanol–water partition coefficient (Wildman–Crippen LogP) is 2.78. The molecule has 4 rings (SSSR count). The van der Waals surface area contributed by atoms with Gasteiger partial charge in [-0.3, -0.25) is 4.79 Å². The summed E-state index contributed by atoms with van der Waals surface area (Å²) < 4.78 is 2.82. The van der Waals surface area contributed by atoms with E-state index in [1.165, 1.54) is 6.08 Å². The number of fused-ring (bicyclic) bond motifs is 3. The molecule has 3 atom stereocenters. The fraction of sp³-hybridized carbons (Fsp3) is 0.500. The average Bonchev–Trinajstić information content (AvgIpc) is 3.02. The quantitative estimate of drug-likeness (QED) is 0.757. The molecule has 2 saturated heterocycles. The lowest BCUT2D eigenvalue weighted by atomic mass is 9.97. The van der Waals surface area contributed by atoms with Gasteiger partial charge >= 0.3 is 0 Å². The molecule has 2 aliphatic heterocycles. The van der Waals surface area contributed by atoms with Crippen molar-refractivity contribution < 1.29 is 4.79 Å². The minimum atomic E-state index is 0.0561. The Balaban J connectivity index is 1.71. The standard InChI is InChI=1S/C16H18BrN5O/c1-3-13(23)21-10-4-5-11(21)7-12(6-10)22-16-14(15(17)20-22)9(2)18-8-19-16/h3,8,10-12H,1,4-7H2,2H3/t10-,11+,12?. The zero-order valence-electron chi connectivity index (χ0n) is 12.9. The third-order valence-electron chi connectivity index (χ3n) is 5.12. The molecule has 1 unspecified atom stereocenters. The van der Waals surface area contributed by atoms with Crippen LogP contribution in [0.1, 0.15) is 37.4 Å². The van der Waals surface area contributed by atoms with Crippen molar-refractivity contribution >= 4 is 32.9 Å². The molecule has 2 bridgehead atoms. The maximum atomic E-state index is 12.1. The highest BCUT2D eigenvalue weighted by Crippen LogP contribution is 2.42. The first kappa shape index (κ1) is 14.8. The molecule has 0 saturated carbocycles. The van der Waals surface area contributed by atoms with Gasteiger partial charge in [-0.25, -0.2) is 14.6 Å².